The third kappa shape index (κ3) is 3.42. The summed E-state index contributed by atoms with van der Waals surface area (Å²) in [5.41, 5.74) is 6.13. The highest BCUT2D eigenvalue weighted by atomic mass is 16.3. The minimum atomic E-state index is 0.102. The van der Waals surface area contributed by atoms with Crippen LogP contribution in [0.2, 0.25) is 0 Å². The van der Waals surface area contributed by atoms with E-state index in [1.165, 1.54) is 0 Å². The summed E-state index contributed by atoms with van der Waals surface area (Å²) >= 11 is 0. The highest BCUT2D eigenvalue weighted by Gasteiger charge is 2.29. The quantitative estimate of drug-likeness (QED) is 0.702. The molecule has 0 aromatic carbocycles. The molecule has 96 valence electrons. The van der Waals surface area contributed by atoms with E-state index in [-0.39, 0.29) is 18.7 Å². The number of rotatable bonds is 5. The van der Waals surface area contributed by atoms with Gasteiger partial charge in [-0.1, -0.05) is 13.3 Å². The maximum absolute atomic E-state index is 9.49. The molecule has 1 rings (SSSR count). The van der Waals surface area contributed by atoms with Gasteiger partial charge in [-0.3, -0.25) is 4.90 Å². The van der Waals surface area contributed by atoms with Crippen LogP contribution in [0.1, 0.15) is 26.7 Å². The summed E-state index contributed by atoms with van der Waals surface area (Å²) in [4.78, 5) is 4.71. The van der Waals surface area contributed by atoms with E-state index in [9.17, 15) is 5.11 Å². The van der Waals surface area contributed by atoms with Crippen LogP contribution in [0.15, 0.2) is 0 Å². The molecule has 4 heteroatoms. The Bertz CT molecular complexity index is 201. The summed E-state index contributed by atoms with van der Waals surface area (Å²) in [6.45, 7) is 7.64. The first kappa shape index (κ1) is 13.9. The van der Waals surface area contributed by atoms with Crippen LogP contribution in [-0.2, 0) is 0 Å². The van der Waals surface area contributed by atoms with Crippen LogP contribution in [0.3, 0.4) is 0 Å². The van der Waals surface area contributed by atoms with E-state index in [4.69, 9.17) is 5.73 Å². The molecule has 0 aromatic rings. The minimum Gasteiger partial charge on any atom is -0.395 e. The predicted octanol–water partition coefficient (Wildman–Crippen LogP) is 0.111. The van der Waals surface area contributed by atoms with Crippen molar-refractivity contribution in [2.75, 3.05) is 33.3 Å². The molecule has 1 saturated heterocycles. The molecule has 0 bridgehead atoms. The Balaban J connectivity index is 2.53. The normalized spacial score (nSPS) is 27.9. The molecule has 4 nitrogen and oxygen atoms in total. The van der Waals surface area contributed by atoms with Gasteiger partial charge in [0.05, 0.1) is 6.61 Å². The molecule has 1 heterocycles. The van der Waals surface area contributed by atoms with Gasteiger partial charge in [0, 0.05) is 37.8 Å². The number of hydrogen-bond donors (Lipinski definition) is 2. The largest absolute Gasteiger partial charge is 0.395 e. The van der Waals surface area contributed by atoms with Crippen LogP contribution >= 0.6 is 0 Å². The van der Waals surface area contributed by atoms with Crippen molar-refractivity contribution in [3.63, 3.8) is 0 Å². The average molecular weight is 229 g/mol. The molecule has 0 radical (unpaired) electrons. The van der Waals surface area contributed by atoms with Gasteiger partial charge in [-0.05, 0) is 20.4 Å². The molecule has 1 fully saturated rings. The first-order chi connectivity index (χ1) is 7.60. The second-order valence-corrected chi connectivity index (χ2v) is 5.03. The van der Waals surface area contributed by atoms with Crippen LogP contribution in [0.25, 0.3) is 0 Å². The van der Waals surface area contributed by atoms with Gasteiger partial charge in [0.25, 0.3) is 0 Å². The van der Waals surface area contributed by atoms with Crippen molar-refractivity contribution in [2.24, 2.45) is 5.73 Å². The highest BCUT2D eigenvalue weighted by Crippen LogP contribution is 2.14. The van der Waals surface area contributed by atoms with Crippen molar-refractivity contribution in [3.05, 3.63) is 0 Å². The monoisotopic (exact) mass is 229 g/mol. The van der Waals surface area contributed by atoms with E-state index in [1.54, 1.807) is 0 Å². The lowest BCUT2D eigenvalue weighted by Crippen LogP contribution is -2.58. The Hall–Kier alpha value is -0.160. The van der Waals surface area contributed by atoms with Gasteiger partial charge in [0.15, 0.2) is 0 Å². The van der Waals surface area contributed by atoms with Crippen LogP contribution in [0.5, 0.6) is 0 Å². The van der Waals surface area contributed by atoms with E-state index in [0.29, 0.717) is 6.04 Å². The maximum atomic E-state index is 9.49. The fourth-order valence-electron chi connectivity index (χ4n) is 2.43. The molecule has 0 aliphatic carbocycles. The summed E-state index contributed by atoms with van der Waals surface area (Å²) in [6.07, 6.45) is 2.08. The zero-order valence-electron chi connectivity index (χ0n) is 10.9. The smallest absolute Gasteiger partial charge is 0.0601 e. The average Bonchev–Trinajstić information content (AvgIpc) is 2.25. The summed E-state index contributed by atoms with van der Waals surface area (Å²) in [7, 11) is 2.15. The molecule has 0 amide bonds. The van der Waals surface area contributed by atoms with Gasteiger partial charge in [0.1, 0.15) is 0 Å². The first-order valence-corrected chi connectivity index (χ1v) is 6.40. The summed E-state index contributed by atoms with van der Waals surface area (Å²) in [5.74, 6) is 0. The first-order valence-electron chi connectivity index (χ1n) is 6.40. The SMILES string of the molecule is CCCC(N)C(CO)N1CCN(C)C(C)C1. The summed E-state index contributed by atoms with van der Waals surface area (Å²) in [6, 6.07) is 0.790. The molecule has 1 aliphatic heterocycles. The number of aliphatic hydroxyl groups is 1. The molecule has 3 atom stereocenters. The molecule has 0 aromatic heterocycles. The maximum Gasteiger partial charge on any atom is 0.0601 e. The molecule has 1 aliphatic rings. The van der Waals surface area contributed by atoms with Gasteiger partial charge in [-0.2, -0.15) is 0 Å². The van der Waals surface area contributed by atoms with Gasteiger partial charge >= 0.3 is 0 Å². The Morgan fingerprint density at radius 2 is 2.12 bits per heavy atom. The fourth-order valence-corrected chi connectivity index (χ4v) is 2.43. The van der Waals surface area contributed by atoms with Crippen LogP contribution < -0.4 is 5.73 Å². The molecule has 0 spiro atoms. The number of likely N-dealkylation sites (N-methyl/N-ethyl adjacent to an activating group) is 1. The number of nitrogens with zero attached hydrogens (tertiary/aromatic N) is 2. The fraction of sp³-hybridized carbons (Fsp3) is 1.00. The number of nitrogens with two attached hydrogens (primary N) is 1. The standard InChI is InChI=1S/C12H27N3O/c1-4-5-11(13)12(9-16)15-7-6-14(3)10(2)8-15/h10-12,16H,4-9,13H2,1-3H3. The second kappa shape index (κ2) is 6.55. The van der Waals surface area contributed by atoms with Gasteiger partial charge in [-0.15, -0.1) is 0 Å². The summed E-state index contributed by atoms with van der Waals surface area (Å²) < 4.78 is 0. The Kier molecular flexibility index (Phi) is 5.69. The molecule has 3 N–H and O–H groups in total. The van der Waals surface area contributed by atoms with Gasteiger partial charge < -0.3 is 15.7 Å². The molecule has 0 saturated carbocycles. The van der Waals surface area contributed by atoms with Crippen molar-refractivity contribution < 1.29 is 5.11 Å². The topological polar surface area (TPSA) is 52.7 Å². The Labute approximate surface area is 99.4 Å². The van der Waals surface area contributed by atoms with Gasteiger partial charge in [-0.25, -0.2) is 0 Å². The van der Waals surface area contributed by atoms with Crippen molar-refractivity contribution in [3.8, 4) is 0 Å². The second-order valence-electron chi connectivity index (χ2n) is 5.03. The van der Waals surface area contributed by atoms with Crippen molar-refractivity contribution in [1.29, 1.82) is 0 Å². The van der Waals surface area contributed by atoms with E-state index in [2.05, 4.69) is 30.7 Å². The third-order valence-corrected chi connectivity index (χ3v) is 3.76. The highest BCUT2D eigenvalue weighted by molar-refractivity contribution is 4.87. The minimum absolute atomic E-state index is 0.102. The third-order valence-electron chi connectivity index (χ3n) is 3.76. The number of aliphatic hydroxyl groups excluding tert-OH is 1. The van der Waals surface area contributed by atoms with Gasteiger partial charge in [0.2, 0.25) is 0 Å². The number of hydrogen-bond acceptors (Lipinski definition) is 4. The lowest BCUT2D eigenvalue weighted by atomic mass is 10.0. The van der Waals surface area contributed by atoms with Crippen molar-refractivity contribution in [1.82, 2.24) is 9.80 Å². The lowest BCUT2D eigenvalue weighted by molar-refractivity contribution is 0.0351. The predicted molar refractivity (Wildman–Crippen MR) is 67.4 cm³/mol. The Morgan fingerprint density at radius 3 is 2.62 bits per heavy atom. The Morgan fingerprint density at radius 1 is 1.44 bits per heavy atom. The van der Waals surface area contributed by atoms with Crippen LogP contribution in [0, 0.1) is 0 Å². The van der Waals surface area contributed by atoms with E-state index < -0.39 is 0 Å². The number of piperazine rings is 1. The van der Waals surface area contributed by atoms with E-state index in [0.717, 1.165) is 32.5 Å². The van der Waals surface area contributed by atoms with Crippen molar-refractivity contribution in [2.45, 2.75) is 44.8 Å². The van der Waals surface area contributed by atoms with E-state index in [1.807, 2.05) is 0 Å². The van der Waals surface area contributed by atoms with Crippen molar-refractivity contribution >= 4 is 0 Å². The van der Waals surface area contributed by atoms with E-state index >= 15 is 0 Å². The lowest BCUT2D eigenvalue weighted by Gasteiger charge is -2.43. The molecule has 3 unspecified atom stereocenters. The van der Waals surface area contributed by atoms with Crippen LogP contribution in [-0.4, -0.2) is 66.3 Å². The summed E-state index contributed by atoms with van der Waals surface area (Å²) in [5, 5.41) is 9.49. The van der Waals surface area contributed by atoms with Crippen LogP contribution in [0.4, 0.5) is 0 Å². The zero-order chi connectivity index (χ0) is 12.1. The zero-order valence-corrected chi connectivity index (χ0v) is 10.9. The molecular formula is C12H27N3O. The molecular weight excluding hydrogens is 202 g/mol. The molecule has 16 heavy (non-hydrogen) atoms.